The maximum absolute atomic E-state index is 12.9. The molecule has 1 unspecified atom stereocenters. The molecule has 39 heavy (non-hydrogen) atoms. The first kappa shape index (κ1) is 29.6. The molecular weight excluding hydrogens is 514 g/mol. The fraction of sp³-hybridized carbons (Fsp3) is 0.345. The van der Waals surface area contributed by atoms with E-state index in [1.54, 1.807) is 56.3 Å². The number of amides is 2. The molecule has 206 valence electrons. The van der Waals surface area contributed by atoms with Gasteiger partial charge >= 0.3 is 5.97 Å². The quantitative estimate of drug-likeness (QED) is 0.169. The van der Waals surface area contributed by atoms with E-state index in [4.69, 9.17) is 4.74 Å². The number of hydrogen-bond acceptors (Lipinski definition) is 7. The second kappa shape index (κ2) is 14.3. The highest BCUT2D eigenvalue weighted by atomic mass is 32.2. The topological polar surface area (TPSA) is 115 Å². The molecule has 2 amide bonds. The number of carbonyl (C=O) groups is 3. The van der Waals surface area contributed by atoms with E-state index in [2.05, 4.69) is 41.3 Å². The third kappa shape index (κ3) is 8.81. The van der Waals surface area contributed by atoms with Gasteiger partial charge in [0.15, 0.2) is 11.0 Å². The molecule has 3 aromatic rings. The summed E-state index contributed by atoms with van der Waals surface area (Å²) in [5, 5.41) is 15.2. The van der Waals surface area contributed by atoms with Crippen LogP contribution in [0.25, 0.3) is 0 Å². The Kier molecular flexibility index (Phi) is 10.9. The number of allylic oxidation sites excluding steroid dienone is 1. The maximum Gasteiger partial charge on any atom is 0.338 e. The van der Waals surface area contributed by atoms with Gasteiger partial charge in [-0.3, -0.25) is 9.59 Å². The summed E-state index contributed by atoms with van der Waals surface area (Å²) < 4.78 is 7.09. The molecule has 3 rings (SSSR count). The van der Waals surface area contributed by atoms with Crippen molar-refractivity contribution in [3.63, 3.8) is 0 Å². The summed E-state index contributed by atoms with van der Waals surface area (Å²) in [6.45, 7) is 12.0. The van der Waals surface area contributed by atoms with Crippen LogP contribution >= 0.6 is 11.8 Å². The molecule has 0 aliphatic heterocycles. The van der Waals surface area contributed by atoms with E-state index in [9.17, 15) is 14.4 Å². The summed E-state index contributed by atoms with van der Waals surface area (Å²) in [5.41, 5.74) is 1.42. The molecule has 10 heteroatoms. The average Bonchev–Trinajstić information content (AvgIpc) is 3.29. The predicted octanol–water partition coefficient (Wildman–Crippen LogP) is 5.28. The first-order chi connectivity index (χ1) is 18.7. The molecule has 0 saturated carbocycles. The van der Waals surface area contributed by atoms with Crippen LogP contribution in [0, 0.1) is 5.92 Å². The standard InChI is InChI=1S/C29H35N5O4S/c1-6-15-34-26(24(16-19(2)3)31-27(36)21-11-8-7-9-12-21)32-33-29(34)39-18-25(35)30-23-14-10-13-22(17-23)28(37)38-20(4)5/h6-14,17,19-20,24H,1,15-16,18H2,2-5H3,(H,30,35)(H,31,36). The first-order valence-corrected chi connectivity index (χ1v) is 13.8. The van der Waals surface area contributed by atoms with E-state index in [0.29, 0.717) is 40.8 Å². The zero-order valence-corrected chi connectivity index (χ0v) is 23.5. The minimum absolute atomic E-state index is 0.0706. The van der Waals surface area contributed by atoms with Crippen LogP contribution in [0.3, 0.4) is 0 Å². The molecule has 0 radical (unpaired) electrons. The van der Waals surface area contributed by atoms with E-state index in [1.807, 2.05) is 22.8 Å². The monoisotopic (exact) mass is 549 g/mol. The van der Waals surface area contributed by atoms with Crippen LogP contribution in [0.2, 0.25) is 0 Å². The lowest BCUT2D eigenvalue weighted by Crippen LogP contribution is -2.31. The van der Waals surface area contributed by atoms with Crippen molar-refractivity contribution in [1.82, 2.24) is 20.1 Å². The van der Waals surface area contributed by atoms with Gasteiger partial charge in [-0.25, -0.2) is 4.79 Å². The summed E-state index contributed by atoms with van der Waals surface area (Å²) in [6, 6.07) is 15.3. The molecule has 0 bridgehead atoms. The third-order valence-electron chi connectivity index (χ3n) is 5.47. The Bertz CT molecular complexity index is 1290. The summed E-state index contributed by atoms with van der Waals surface area (Å²) in [6.07, 6.45) is 2.15. The van der Waals surface area contributed by atoms with Crippen molar-refractivity contribution in [3.8, 4) is 0 Å². The lowest BCUT2D eigenvalue weighted by atomic mass is 10.0. The number of nitrogens with zero attached hydrogens (tertiary/aromatic N) is 3. The van der Waals surface area contributed by atoms with Gasteiger partial charge in [-0.2, -0.15) is 0 Å². The van der Waals surface area contributed by atoms with Gasteiger partial charge in [0.2, 0.25) is 5.91 Å². The fourth-order valence-electron chi connectivity index (χ4n) is 3.83. The third-order valence-corrected chi connectivity index (χ3v) is 6.44. The molecule has 1 heterocycles. The average molecular weight is 550 g/mol. The van der Waals surface area contributed by atoms with Crippen molar-refractivity contribution in [2.45, 2.75) is 58.0 Å². The Morgan fingerprint density at radius 2 is 1.74 bits per heavy atom. The van der Waals surface area contributed by atoms with Crippen molar-refractivity contribution in [3.05, 3.63) is 84.2 Å². The van der Waals surface area contributed by atoms with Gasteiger partial charge in [0, 0.05) is 17.8 Å². The smallest absolute Gasteiger partial charge is 0.338 e. The highest BCUT2D eigenvalue weighted by Crippen LogP contribution is 2.26. The highest BCUT2D eigenvalue weighted by molar-refractivity contribution is 7.99. The van der Waals surface area contributed by atoms with Crippen LogP contribution in [0.15, 0.2) is 72.4 Å². The minimum atomic E-state index is -0.448. The van der Waals surface area contributed by atoms with Gasteiger partial charge < -0.3 is 19.9 Å². The van der Waals surface area contributed by atoms with Crippen molar-refractivity contribution in [1.29, 1.82) is 0 Å². The molecule has 9 nitrogen and oxygen atoms in total. The minimum Gasteiger partial charge on any atom is -0.459 e. The Morgan fingerprint density at radius 3 is 2.41 bits per heavy atom. The molecule has 0 aliphatic carbocycles. The molecule has 1 aromatic heterocycles. The van der Waals surface area contributed by atoms with Crippen LogP contribution in [-0.4, -0.2) is 44.4 Å². The van der Waals surface area contributed by atoms with Crippen LogP contribution in [-0.2, 0) is 16.1 Å². The summed E-state index contributed by atoms with van der Waals surface area (Å²) in [7, 11) is 0. The lowest BCUT2D eigenvalue weighted by Gasteiger charge is -2.21. The van der Waals surface area contributed by atoms with Crippen molar-refractivity contribution in [2.75, 3.05) is 11.1 Å². The molecule has 0 saturated heterocycles. The van der Waals surface area contributed by atoms with Gasteiger partial charge in [0.1, 0.15) is 0 Å². The van der Waals surface area contributed by atoms with Crippen molar-refractivity contribution >= 4 is 35.2 Å². The molecule has 0 fully saturated rings. The van der Waals surface area contributed by atoms with Gasteiger partial charge in [-0.1, -0.05) is 56.0 Å². The highest BCUT2D eigenvalue weighted by Gasteiger charge is 2.25. The van der Waals surface area contributed by atoms with Crippen LogP contribution in [0.1, 0.15) is 66.7 Å². The lowest BCUT2D eigenvalue weighted by molar-refractivity contribution is -0.113. The SMILES string of the molecule is C=CCn1c(SCC(=O)Nc2cccc(C(=O)OC(C)C)c2)nnc1C(CC(C)C)NC(=O)c1ccccc1. The number of anilines is 1. The van der Waals surface area contributed by atoms with Crippen LogP contribution < -0.4 is 10.6 Å². The number of ether oxygens (including phenoxy) is 1. The number of benzene rings is 2. The van der Waals surface area contributed by atoms with Gasteiger partial charge in [0.05, 0.1) is 23.5 Å². The van der Waals surface area contributed by atoms with Gasteiger partial charge in [-0.15, -0.1) is 16.8 Å². The number of esters is 1. The largest absolute Gasteiger partial charge is 0.459 e. The zero-order valence-electron chi connectivity index (χ0n) is 22.7. The summed E-state index contributed by atoms with van der Waals surface area (Å²) >= 11 is 1.23. The van der Waals surface area contributed by atoms with Crippen LogP contribution in [0.5, 0.6) is 0 Å². The maximum atomic E-state index is 12.9. The van der Waals surface area contributed by atoms with E-state index in [-0.39, 0.29) is 35.6 Å². The summed E-state index contributed by atoms with van der Waals surface area (Å²) in [5.74, 6) is 0.0577. The van der Waals surface area contributed by atoms with Gasteiger partial charge in [0.25, 0.3) is 5.91 Å². The fourth-order valence-corrected chi connectivity index (χ4v) is 4.58. The molecule has 0 aliphatic rings. The van der Waals surface area contributed by atoms with E-state index < -0.39 is 5.97 Å². The number of thioether (sulfide) groups is 1. The van der Waals surface area contributed by atoms with E-state index in [1.165, 1.54) is 11.8 Å². The van der Waals surface area contributed by atoms with E-state index >= 15 is 0 Å². The molecule has 2 N–H and O–H groups in total. The number of rotatable bonds is 13. The normalized spacial score (nSPS) is 11.7. The molecule has 2 aromatic carbocycles. The Balaban J connectivity index is 1.72. The molecular formula is C29H35N5O4S. The van der Waals surface area contributed by atoms with E-state index in [0.717, 1.165) is 0 Å². The predicted molar refractivity (Wildman–Crippen MR) is 153 cm³/mol. The number of nitrogens with one attached hydrogen (secondary N) is 2. The molecule has 1 atom stereocenters. The Morgan fingerprint density at radius 1 is 1.03 bits per heavy atom. The second-order valence-electron chi connectivity index (χ2n) is 9.63. The van der Waals surface area contributed by atoms with Crippen molar-refractivity contribution < 1.29 is 19.1 Å². The second-order valence-corrected chi connectivity index (χ2v) is 10.6. The number of aromatic nitrogens is 3. The Labute approximate surface area is 233 Å². The van der Waals surface area contributed by atoms with Gasteiger partial charge in [-0.05, 0) is 56.5 Å². The Hall–Kier alpha value is -3.92. The van der Waals surface area contributed by atoms with Crippen molar-refractivity contribution in [2.24, 2.45) is 5.92 Å². The number of hydrogen-bond donors (Lipinski definition) is 2. The summed E-state index contributed by atoms with van der Waals surface area (Å²) in [4.78, 5) is 37.8. The molecule has 0 spiro atoms. The zero-order chi connectivity index (χ0) is 28.4. The van der Waals surface area contributed by atoms with Crippen LogP contribution in [0.4, 0.5) is 5.69 Å². The first-order valence-electron chi connectivity index (χ1n) is 12.8. The number of carbonyl (C=O) groups excluding carboxylic acids is 3.